The minimum atomic E-state index is -0.205. The number of hydrogen-bond donors (Lipinski definition) is 0. The predicted octanol–water partition coefficient (Wildman–Crippen LogP) is 3.33. The highest BCUT2D eigenvalue weighted by atomic mass is 16.2. The molecular formula is C21H23N3O2. The molecule has 134 valence electrons. The summed E-state index contributed by atoms with van der Waals surface area (Å²) in [4.78, 5) is 26.8. The Hall–Kier alpha value is -2.95. The van der Waals surface area contributed by atoms with E-state index >= 15 is 0 Å². The van der Waals surface area contributed by atoms with Crippen molar-refractivity contribution in [3.05, 3.63) is 75.7 Å². The van der Waals surface area contributed by atoms with Gasteiger partial charge in [0.05, 0.1) is 5.39 Å². The standard InChI is InChI=1S/C21H23N3O2/c1-14(2)16-11-9-15(10-12-16)13-23(3)21(26)19-17-7-5-6-8-18(17)20(25)24(4)22-19/h5-12,14H,13H2,1-4H3. The minimum absolute atomic E-state index is 0.204. The van der Waals surface area contributed by atoms with Crippen molar-refractivity contribution in [2.45, 2.75) is 26.3 Å². The van der Waals surface area contributed by atoms with Gasteiger partial charge in [0.15, 0.2) is 5.69 Å². The SMILES string of the molecule is CC(C)c1ccc(CN(C)C(=O)c2nn(C)c(=O)c3ccccc23)cc1. The first-order valence-corrected chi connectivity index (χ1v) is 8.69. The van der Waals surface area contributed by atoms with Crippen molar-refractivity contribution in [1.82, 2.24) is 14.7 Å². The molecule has 0 unspecified atom stereocenters. The van der Waals surface area contributed by atoms with E-state index < -0.39 is 0 Å². The second-order valence-corrected chi connectivity index (χ2v) is 6.88. The van der Waals surface area contributed by atoms with E-state index in [0.717, 1.165) is 5.56 Å². The summed E-state index contributed by atoms with van der Waals surface area (Å²) < 4.78 is 1.22. The van der Waals surface area contributed by atoms with Gasteiger partial charge in [-0.2, -0.15) is 5.10 Å². The molecule has 1 amide bonds. The van der Waals surface area contributed by atoms with E-state index in [0.29, 0.717) is 28.9 Å². The van der Waals surface area contributed by atoms with E-state index in [-0.39, 0.29) is 11.5 Å². The zero-order valence-corrected chi connectivity index (χ0v) is 15.6. The van der Waals surface area contributed by atoms with Crippen molar-refractivity contribution in [3.8, 4) is 0 Å². The summed E-state index contributed by atoms with van der Waals surface area (Å²) in [6.45, 7) is 4.79. The predicted molar refractivity (Wildman–Crippen MR) is 103 cm³/mol. The molecule has 0 aliphatic carbocycles. The quantitative estimate of drug-likeness (QED) is 0.726. The molecule has 0 aliphatic rings. The lowest BCUT2D eigenvalue weighted by Crippen LogP contribution is -2.30. The highest BCUT2D eigenvalue weighted by molar-refractivity contribution is 6.04. The zero-order chi connectivity index (χ0) is 18.8. The van der Waals surface area contributed by atoms with E-state index in [9.17, 15) is 9.59 Å². The van der Waals surface area contributed by atoms with Gasteiger partial charge >= 0.3 is 0 Å². The van der Waals surface area contributed by atoms with E-state index in [1.54, 1.807) is 37.2 Å². The maximum Gasteiger partial charge on any atom is 0.274 e. The Kier molecular flexibility index (Phi) is 4.89. The summed E-state index contributed by atoms with van der Waals surface area (Å²) >= 11 is 0. The number of carbonyl (C=O) groups is 1. The molecule has 5 nitrogen and oxygen atoms in total. The molecule has 1 heterocycles. The number of hydrogen-bond acceptors (Lipinski definition) is 3. The van der Waals surface area contributed by atoms with Gasteiger partial charge in [-0.1, -0.05) is 56.3 Å². The molecule has 0 saturated heterocycles. The van der Waals surface area contributed by atoms with Gasteiger partial charge < -0.3 is 4.90 Å². The van der Waals surface area contributed by atoms with Crippen molar-refractivity contribution in [2.75, 3.05) is 7.05 Å². The number of carbonyl (C=O) groups excluding carboxylic acids is 1. The Morgan fingerprint density at radius 1 is 1.08 bits per heavy atom. The first-order valence-electron chi connectivity index (χ1n) is 8.69. The van der Waals surface area contributed by atoms with Crippen LogP contribution in [-0.2, 0) is 13.6 Å². The van der Waals surface area contributed by atoms with Gasteiger partial charge in [0.2, 0.25) is 0 Å². The van der Waals surface area contributed by atoms with E-state index in [1.165, 1.54) is 10.2 Å². The highest BCUT2D eigenvalue weighted by Crippen LogP contribution is 2.18. The largest absolute Gasteiger partial charge is 0.336 e. The van der Waals surface area contributed by atoms with Crippen molar-refractivity contribution < 1.29 is 4.79 Å². The van der Waals surface area contributed by atoms with Crippen molar-refractivity contribution in [3.63, 3.8) is 0 Å². The summed E-state index contributed by atoms with van der Waals surface area (Å²) in [7, 11) is 3.32. The second kappa shape index (κ2) is 7.12. The molecule has 0 fully saturated rings. The molecule has 0 radical (unpaired) electrons. The molecule has 0 aliphatic heterocycles. The highest BCUT2D eigenvalue weighted by Gasteiger charge is 2.19. The molecule has 0 saturated carbocycles. The molecule has 3 rings (SSSR count). The molecule has 26 heavy (non-hydrogen) atoms. The normalized spacial score (nSPS) is 11.1. The smallest absolute Gasteiger partial charge is 0.274 e. The monoisotopic (exact) mass is 349 g/mol. The zero-order valence-electron chi connectivity index (χ0n) is 15.6. The van der Waals surface area contributed by atoms with Crippen LogP contribution in [0.4, 0.5) is 0 Å². The summed E-state index contributed by atoms with van der Waals surface area (Å²) in [5, 5.41) is 5.30. The van der Waals surface area contributed by atoms with Crippen LogP contribution in [0.15, 0.2) is 53.3 Å². The third kappa shape index (κ3) is 3.38. The molecule has 2 aromatic carbocycles. The maximum atomic E-state index is 12.9. The number of rotatable bonds is 4. The third-order valence-electron chi connectivity index (χ3n) is 4.57. The first kappa shape index (κ1) is 17.9. The number of benzene rings is 2. The molecule has 0 spiro atoms. The minimum Gasteiger partial charge on any atom is -0.336 e. The maximum absolute atomic E-state index is 12.9. The van der Waals surface area contributed by atoms with Crippen molar-refractivity contribution in [1.29, 1.82) is 0 Å². The van der Waals surface area contributed by atoms with Gasteiger partial charge in [0.1, 0.15) is 0 Å². The molecule has 0 bridgehead atoms. The topological polar surface area (TPSA) is 55.2 Å². The number of aryl methyl sites for hydroxylation is 1. The molecule has 5 heteroatoms. The van der Waals surface area contributed by atoms with Crippen molar-refractivity contribution >= 4 is 16.7 Å². The van der Waals surface area contributed by atoms with E-state index in [4.69, 9.17) is 0 Å². The Labute approximate surface area is 152 Å². The Morgan fingerprint density at radius 3 is 2.31 bits per heavy atom. The second-order valence-electron chi connectivity index (χ2n) is 6.88. The Bertz CT molecular complexity index is 1000. The summed E-state index contributed by atoms with van der Waals surface area (Å²) in [5.41, 5.74) is 2.42. The molecule has 3 aromatic rings. The summed E-state index contributed by atoms with van der Waals surface area (Å²) in [6, 6.07) is 15.4. The van der Waals surface area contributed by atoms with Crippen LogP contribution in [0.25, 0.3) is 10.8 Å². The van der Waals surface area contributed by atoms with Gasteiger partial charge in [-0.25, -0.2) is 4.68 Å². The fourth-order valence-electron chi connectivity index (χ4n) is 2.99. The number of amides is 1. The van der Waals surface area contributed by atoms with Crippen LogP contribution in [0.2, 0.25) is 0 Å². The average molecular weight is 349 g/mol. The molecule has 1 aromatic heterocycles. The third-order valence-corrected chi connectivity index (χ3v) is 4.57. The van der Waals surface area contributed by atoms with E-state index in [1.807, 2.05) is 18.2 Å². The number of fused-ring (bicyclic) bond motifs is 1. The van der Waals surface area contributed by atoms with Crippen LogP contribution in [0.5, 0.6) is 0 Å². The fourth-order valence-corrected chi connectivity index (χ4v) is 2.99. The van der Waals surface area contributed by atoms with E-state index in [2.05, 4.69) is 31.1 Å². The van der Waals surface area contributed by atoms with Gasteiger partial charge in [-0.3, -0.25) is 9.59 Å². The number of nitrogens with zero attached hydrogens (tertiary/aromatic N) is 3. The van der Waals surface area contributed by atoms with Gasteiger partial charge in [-0.15, -0.1) is 0 Å². The van der Waals surface area contributed by atoms with Crippen LogP contribution < -0.4 is 5.56 Å². The molecule has 0 N–H and O–H groups in total. The fraction of sp³-hybridized carbons (Fsp3) is 0.286. The lowest BCUT2D eigenvalue weighted by atomic mass is 10.0. The lowest BCUT2D eigenvalue weighted by molar-refractivity contribution is 0.0779. The number of aromatic nitrogens is 2. The van der Waals surface area contributed by atoms with Crippen LogP contribution in [0.1, 0.15) is 41.4 Å². The van der Waals surface area contributed by atoms with Gasteiger partial charge in [0.25, 0.3) is 11.5 Å². The van der Waals surface area contributed by atoms with Crippen LogP contribution in [0.3, 0.4) is 0 Å². The average Bonchev–Trinajstić information content (AvgIpc) is 2.64. The summed E-state index contributed by atoms with van der Waals surface area (Å²) in [6.07, 6.45) is 0. The van der Waals surface area contributed by atoms with Crippen LogP contribution in [0, 0.1) is 0 Å². The molecular weight excluding hydrogens is 326 g/mol. The van der Waals surface area contributed by atoms with Crippen molar-refractivity contribution in [2.24, 2.45) is 7.05 Å². The van der Waals surface area contributed by atoms with Gasteiger partial charge in [-0.05, 0) is 23.1 Å². The first-order chi connectivity index (χ1) is 12.4. The van der Waals surface area contributed by atoms with Crippen LogP contribution in [-0.4, -0.2) is 27.6 Å². The van der Waals surface area contributed by atoms with Crippen LogP contribution >= 0.6 is 0 Å². The molecule has 0 atom stereocenters. The van der Waals surface area contributed by atoms with Gasteiger partial charge in [0, 0.05) is 26.0 Å². The Morgan fingerprint density at radius 2 is 1.69 bits per heavy atom. The lowest BCUT2D eigenvalue weighted by Gasteiger charge is -2.18. The Balaban J connectivity index is 1.90. The summed E-state index contributed by atoms with van der Waals surface area (Å²) in [5.74, 6) is 0.273.